The number of anilines is 1. The van der Waals surface area contributed by atoms with Crippen LogP contribution in [0.1, 0.15) is 13.8 Å². The summed E-state index contributed by atoms with van der Waals surface area (Å²) in [5.74, 6) is 0.199. The van der Waals surface area contributed by atoms with Crippen molar-refractivity contribution in [1.82, 2.24) is 15.0 Å². The highest BCUT2D eigenvalue weighted by molar-refractivity contribution is 5.83. The van der Waals surface area contributed by atoms with Crippen LogP contribution in [-0.4, -0.2) is 21.1 Å². The molecule has 2 heterocycles. The van der Waals surface area contributed by atoms with Crippen molar-refractivity contribution in [2.45, 2.75) is 20.0 Å². The normalized spacial score (nSPS) is 11.1. The van der Waals surface area contributed by atoms with Crippen molar-refractivity contribution in [2.24, 2.45) is 0 Å². The molecule has 2 N–H and O–H groups in total. The van der Waals surface area contributed by atoms with Gasteiger partial charge in [0, 0.05) is 5.56 Å². The molecule has 0 atom stereocenters. The maximum atomic E-state index is 13.0. The van der Waals surface area contributed by atoms with Crippen LogP contribution in [0.25, 0.3) is 22.3 Å². The number of rotatable bonds is 3. The highest BCUT2D eigenvalue weighted by atomic mass is 19.1. The van der Waals surface area contributed by atoms with E-state index in [1.54, 1.807) is 24.3 Å². The lowest BCUT2D eigenvalue weighted by Crippen LogP contribution is -2.09. The Bertz CT molecular complexity index is 818. The molecule has 0 aliphatic carbocycles. The fourth-order valence-corrected chi connectivity index (χ4v) is 2.09. The number of hydrogen-bond donors (Lipinski definition) is 1. The average Bonchev–Trinajstić information content (AvgIpc) is 2.47. The molecule has 0 saturated heterocycles. The van der Waals surface area contributed by atoms with Crippen molar-refractivity contribution < 1.29 is 9.13 Å². The van der Waals surface area contributed by atoms with Crippen LogP contribution in [0.4, 0.5) is 10.3 Å². The highest BCUT2D eigenvalue weighted by Crippen LogP contribution is 2.26. The number of nitrogen functional groups attached to an aromatic ring is 1. The Hall–Kier alpha value is -2.76. The van der Waals surface area contributed by atoms with Crippen LogP contribution >= 0.6 is 0 Å². The Labute approximate surface area is 127 Å². The first-order chi connectivity index (χ1) is 10.5. The van der Waals surface area contributed by atoms with Gasteiger partial charge in [-0.15, -0.1) is 0 Å². The van der Waals surface area contributed by atoms with Crippen molar-refractivity contribution in [3.05, 3.63) is 42.2 Å². The molecule has 0 amide bonds. The van der Waals surface area contributed by atoms with Crippen LogP contribution in [0.5, 0.6) is 5.88 Å². The third kappa shape index (κ3) is 2.81. The summed E-state index contributed by atoms with van der Waals surface area (Å²) in [5, 5.41) is 0. The van der Waals surface area contributed by atoms with Crippen LogP contribution in [0.3, 0.4) is 0 Å². The van der Waals surface area contributed by atoms with E-state index >= 15 is 0 Å². The molecular formula is C16H15FN4O. The minimum absolute atomic E-state index is 0.0613. The lowest BCUT2D eigenvalue weighted by Gasteiger charge is -2.11. The summed E-state index contributed by atoms with van der Waals surface area (Å²) in [6, 6.07) is 9.74. The number of pyridine rings is 1. The Morgan fingerprint density at radius 3 is 2.41 bits per heavy atom. The molecule has 0 bridgehead atoms. The lowest BCUT2D eigenvalue weighted by molar-refractivity contribution is 0.235. The van der Waals surface area contributed by atoms with Gasteiger partial charge in [-0.1, -0.05) is 0 Å². The zero-order valence-electron chi connectivity index (χ0n) is 12.2. The second-order valence-electron chi connectivity index (χ2n) is 5.12. The predicted octanol–water partition coefficient (Wildman–Crippen LogP) is 3.20. The molecule has 0 unspecified atom stereocenters. The molecule has 0 aliphatic rings. The Morgan fingerprint density at radius 1 is 1.00 bits per heavy atom. The first-order valence-corrected chi connectivity index (χ1v) is 6.90. The van der Waals surface area contributed by atoms with E-state index in [4.69, 9.17) is 10.5 Å². The van der Waals surface area contributed by atoms with E-state index in [0.717, 1.165) is 5.56 Å². The second kappa shape index (κ2) is 5.55. The first kappa shape index (κ1) is 14.2. The maximum absolute atomic E-state index is 13.0. The van der Waals surface area contributed by atoms with E-state index in [1.807, 2.05) is 13.8 Å². The average molecular weight is 298 g/mol. The van der Waals surface area contributed by atoms with Gasteiger partial charge in [0.2, 0.25) is 11.8 Å². The first-order valence-electron chi connectivity index (χ1n) is 6.90. The maximum Gasteiger partial charge on any atom is 0.245 e. The smallest absolute Gasteiger partial charge is 0.245 e. The van der Waals surface area contributed by atoms with E-state index in [0.29, 0.717) is 22.6 Å². The minimum Gasteiger partial charge on any atom is -0.473 e. The molecule has 6 heteroatoms. The largest absolute Gasteiger partial charge is 0.473 e. The van der Waals surface area contributed by atoms with Crippen LogP contribution in [-0.2, 0) is 0 Å². The molecule has 5 nitrogen and oxygen atoms in total. The Morgan fingerprint density at radius 2 is 1.73 bits per heavy atom. The van der Waals surface area contributed by atoms with E-state index in [1.165, 1.54) is 12.1 Å². The Kier molecular flexibility index (Phi) is 3.58. The van der Waals surface area contributed by atoms with Gasteiger partial charge >= 0.3 is 0 Å². The number of benzene rings is 1. The van der Waals surface area contributed by atoms with E-state index in [2.05, 4.69) is 15.0 Å². The second-order valence-corrected chi connectivity index (χ2v) is 5.12. The van der Waals surface area contributed by atoms with Gasteiger partial charge in [-0.3, -0.25) is 0 Å². The number of ether oxygens (including phenoxy) is 1. The topological polar surface area (TPSA) is 73.9 Å². The summed E-state index contributed by atoms with van der Waals surface area (Å²) < 4.78 is 18.7. The van der Waals surface area contributed by atoms with Gasteiger partial charge in [0.15, 0.2) is 5.52 Å². The summed E-state index contributed by atoms with van der Waals surface area (Å²) >= 11 is 0. The van der Waals surface area contributed by atoms with Crippen LogP contribution in [0.15, 0.2) is 36.4 Å². The van der Waals surface area contributed by atoms with Gasteiger partial charge in [-0.05, 0) is 50.2 Å². The summed E-state index contributed by atoms with van der Waals surface area (Å²) in [6.45, 7) is 3.79. The minimum atomic E-state index is -0.288. The zero-order valence-corrected chi connectivity index (χ0v) is 12.2. The van der Waals surface area contributed by atoms with Crippen molar-refractivity contribution >= 4 is 17.0 Å². The molecule has 2 aromatic heterocycles. The summed E-state index contributed by atoms with van der Waals surface area (Å²) in [7, 11) is 0. The molecule has 3 aromatic rings. The molecule has 0 fully saturated rings. The molecule has 0 saturated carbocycles. The van der Waals surface area contributed by atoms with Gasteiger partial charge in [0.1, 0.15) is 5.82 Å². The van der Waals surface area contributed by atoms with E-state index < -0.39 is 0 Å². The van der Waals surface area contributed by atoms with Crippen LogP contribution in [0, 0.1) is 5.82 Å². The van der Waals surface area contributed by atoms with Gasteiger partial charge in [-0.2, -0.15) is 4.98 Å². The van der Waals surface area contributed by atoms with E-state index in [-0.39, 0.29) is 17.9 Å². The molecule has 0 spiro atoms. The molecule has 112 valence electrons. The van der Waals surface area contributed by atoms with Crippen LogP contribution < -0.4 is 10.5 Å². The summed E-state index contributed by atoms with van der Waals surface area (Å²) in [5.41, 5.74) is 8.32. The third-order valence-corrected chi connectivity index (χ3v) is 3.01. The number of nitrogens with two attached hydrogens (primary N) is 1. The van der Waals surface area contributed by atoms with E-state index in [9.17, 15) is 4.39 Å². The van der Waals surface area contributed by atoms with Crippen molar-refractivity contribution in [1.29, 1.82) is 0 Å². The molecule has 1 aromatic carbocycles. The predicted molar refractivity (Wildman–Crippen MR) is 82.9 cm³/mol. The SMILES string of the molecule is CC(C)Oc1nc(N)nc2ccc(-c3ccc(F)cc3)nc12. The van der Waals surface area contributed by atoms with Gasteiger partial charge in [0.25, 0.3) is 0 Å². The molecule has 3 rings (SSSR count). The number of aromatic nitrogens is 3. The van der Waals surface area contributed by atoms with Crippen molar-refractivity contribution in [3.8, 4) is 17.1 Å². The zero-order chi connectivity index (χ0) is 15.7. The molecular weight excluding hydrogens is 283 g/mol. The number of nitrogens with zero attached hydrogens (tertiary/aromatic N) is 3. The monoisotopic (exact) mass is 298 g/mol. The lowest BCUT2D eigenvalue weighted by atomic mass is 10.1. The highest BCUT2D eigenvalue weighted by Gasteiger charge is 2.12. The number of halogens is 1. The molecule has 0 aliphatic heterocycles. The van der Waals surface area contributed by atoms with Crippen LogP contribution in [0.2, 0.25) is 0 Å². The standard InChI is InChI=1S/C16H15FN4O/c1-9(2)22-15-14-13(20-16(18)21-15)8-7-12(19-14)10-3-5-11(17)6-4-10/h3-9H,1-2H3,(H2,18,20,21). The third-order valence-electron chi connectivity index (χ3n) is 3.01. The fourth-order valence-electron chi connectivity index (χ4n) is 2.09. The molecule has 0 radical (unpaired) electrons. The number of fused-ring (bicyclic) bond motifs is 1. The quantitative estimate of drug-likeness (QED) is 0.803. The van der Waals surface area contributed by atoms with Crippen molar-refractivity contribution in [2.75, 3.05) is 5.73 Å². The fraction of sp³-hybridized carbons (Fsp3) is 0.188. The Balaban J connectivity index is 2.15. The van der Waals surface area contributed by atoms with Crippen molar-refractivity contribution in [3.63, 3.8) is 0 Å². The summed E-state index contributed by atoms with van der Waals surface area (Å²) in [6.07, 6.45) is -0.0613. The number of hydrogen-bond acceptors (Lipinski definition) is 5. The van der Waals surface area contributed by atoms with Gasteiger partial charge in [0.05, 0.1) is 17.3 Å². The van der Waals surface area contributed by atoms with Gasteiger partial charge in [-0.25, -0.2) is 14.4 Å². The van der Waals surface area contributed by atoms with Gasteiger partial charge < -0.3 is 10.5 Å². The molecule has 22 heavy (non-hydrogen) atoms. The summed E-state index contributed by atoms with van der Waals surface area (Å²) in [4.78, 5) is 12.8.